The fourth-order valence-electron chi connectivity index (χ4n) is 1.54. The molecule has 0 aliphatic rings. The van der Waals surface area contributed by atoms with Crippen LogP contribution in [0, 0.1) is 11.3 Å². The van der Waals surface area contributed by atoms with Gasteiger partial charge in [-0.1, -0.05) is 60.4 Å². The van der Waals surface area contributed by atoms with Crippen molar-refractivity contribution in [2.75, 3.05) is 5.33 Å². The quantitative estimate of drug-likeness (QED) is 0.691. The molecule has 2 heteroatoms. The predicted molar refractivity (Wildman–Crippen MR) is 71.9 cm³/mol. The average Bonchev–Trinajstić information content (AvgIpc) is 2.12. The Labute approximate surface area is 106 Å². The Morgan fingerprint density at radius 3 is 2.47 bits per heavy atom. The Hall–Kier alpha value is -0.0100. The van der Waals surface area contributed by atoms with E-state index in [1.54, 1.807) is 0 Å². The van der Waals surface area contributed by atoms with E-state index in [4.69, 9.17) is 11.6 Å². The molecule has 0 aliphatic heterocycles. The monoisotopic (exact) mass is 288 g/mol. The summed E-state index contributed by atoms with van der Waals surface area (Å²) in [7, 11) is 0. The van der Waals surface area contributed by atoms with Gasteiger partial charge in [-0.05, 0) is 35.4 Å². The van der Waals surface area contributed by atoms with Crippen LogP contribution in [0.2, 0.25) is 5.02 Å². The van der Waals surface area contributed by atoms with Crippen molar-refractivity contribution in [1.29, 1.82) is 0 Å². The molecular weight excluding hydrogens is 271 g/mol. The molecule has 0 N–H and O–H groups in total. The minimum absolute atomic E-state index is 0.325. The molecule has 0 radical (unpaired) electrons. The van der Waals surface area contributed by atoms with Gasteiger partial charge in [0.1, 0.15) is 0 Å². The topological polar surface area (TPSA) is 0 Å². The lowest BCUT2D eigenvalue weighted by Gasteiger charge is -2.29. The lowest BCUT2D eigenvalue weighted by molar-refractivity contribution is 0.267. The highest BCUT2D eigenvalue weighted by Crippen LogP contribution is 2.30. The second-order valence-electron chi connectivity index (χ2n) is 5.05. The predicted octanol–water partition coefficient (Wildman–Crippen LogP) is 4.94. The molecule has 0 saturated heterocycles. The van der Waals surface area contributed by atoms with Gasteiger partial charge < -0.3 is 0 Å². The highest BCUT2D eigenvalue weighted by Gasteiger charge is 2.23. The molecule has 0 aliphatic carbocycles. The highest BCUT2D eigenvalue weighted by molar-refractivity contribution is 9.09. The minimum atomic E-state index is 0.325. The van der Waals surface area contributed by atoms with Crippen LogP contribution in [0.4, 0.5) is 0 Å². The van der Waals surface area contributed by atoms with E-state index in [1.165, 1.54) is 5.56 Å². The molecule has 0 bridgehead atoms. The third-order valence-electron chi connectivity index (χ3n) is 2.78. The summed E-state index contributed by atoms with van der Waals surface area (Å²) in [6.45, 7) is 6.84. The van der Waals surface area contributed by atoms with Crippen molar-refractivity contribution in [3.63, 3.8) is 0 Å². The van der Waals surface area contributed by atoms with E-state index in [2.05, 4.69) is 48.8 Å². The molecule has 1 aromatic rings. The Kier molecular flexibility index (Phi) is 4.66. The molecule has 0 spiro atoms. The van der Waals surface area contributed by atoms with Gasteiger partial charge in [0, 0.05) is 10.4 Å². The molecule has 0 saturated carbocycles. The second-order valence-corrected chi connectivity index (χ2v) is 6.14. The summed E-state index contributed by atoms with van der Waals surface area (Å²) in [4.78, 5) is 0. The zero-order valence-electron chi connectivity index (χ0n) is 9.56. The molecule has 1 atom stereocenters. The van der Waals surface area contributed by atoms with Gasteiger partial charge >= 0.3 is 0 Å². The Bertz CT molecular complexity index is 315. The molecule has 0 aromatic heterocycles. The van der Waals surface area contributed by atoms with E-state index in [0.29, 0.717) is 11.3 Å². The summed E-state index contributed by atoms with van der Waals surface area (Å²) in [6, 6.07) is 8.15. The van der Waals surface area contributed by atoms with Gasteiger partial charge in [0.15, 0.2) is 0 Å². The summed E-state index contributed by atoms with van der Waals surface area (Å²) in [5.74, 6) is 0.635. The van der Waals surface area contributed by atoms with Crippen LogP contribution >= 0.6 is 27.5 Å². The molecule has 1 aromatic carbocycles. The van der Waals surface area contributed by atoms with Crippen molar-refractivity contribution >= 4 is 27.5 Å². The smallest absolute Gasteiger partial charge is 0.0408 e. The first-order valence-corrected chi connectivity index (χ1v) is 6.74. The first-order chi connectivity index (χ1) is 6.93. The Morgan fingerprint density at radius 2 is 2.00 bits per heavy atom. The van der Waals surface area contributed by atoms with Crippen molar-refractivity contribution in [3.8, 4) is 0 Å². The van der Waals surface area contributed by atoms with Gasteiger partial charge in [-0.2, -0.15) is 0 Å². The largest absolute Gasteiger partial charge is 0.0925 e. The maximum Gasteiger partial charge on any atom is 0.0408 e. The van der Waals surface area contributed by atoms with Crippen LogP contribution in [0.25, 0.3) is 0 Å². The van der Waals surface area contributed by atoms with Crippen LogP contribution in [0.1, 0.15) is 26.3 Å². The number of alkyl halides is 1. The summed E-state index contributed by atoms with van der Waals surface area (Å²) in [6.07, 6.45) is 1.08. The molecule has 15 heavy (non-hydrogen) atoms. The zero-order chi connectivity index (χ0) is 11.5. The Balaban J connectivity index is 2.76. The normalized spacial score (nSPS) is 13.9. The maximum atomic E-state index is 5.97. The van der Waals surface area contributed by atoms with E-state index in [0.717, 1.165) is 16.8 Å². The number of rotatable bonds is 3. The van der Waals surface area contributed by atoms with Crippen molar-refractivity contribution in [2.24, 2.45) is 11.3 Å². The number of benzene rings is 1. The van der Waals surface area contributed by atoms with Crippen LogP contribution in [0.15, 0.2) is 24.3 Å². The SMILES string of the molecule is CC(C)(C)C(CBr)Cc1cccc(Cl)c1. The van der Waals surface area contributed by atoms with Gasteiger partial charge in [0.2, 0.25) is 0 Å². The standard InChI is InChI=1S/C13H18BrCl/c1-13(2,3)11(9-14)7-10-5-4-6-12(15)8-10/h4-6,8,11H,7,9H2,1-3H3. The van der Waals surface area contributed by atoms with Crippen molar-refractivity contribution < 1.29 is 0 Å². The van der Waals surface area contributed by atoms with Gasteiger partial charge in [0.05, 0.1) is 0 Å². The van der Waals surface area contributed by atoms with Crippen LogP contribution < -0.4 is 0 Å². The molecule has 0 nitrogen and oxygen atoms in total. The third kappa shape index (κ3) is 4.16. The first kappa shape index (κ1) is 13.1. The molecule has 0 fully saturated rings. The van der Waals surface area contributed by atoms with E-state index >= 15 is 0 Å². The lowest BCUT2D eigenvalue weighted by Crippen LogP contribution is -2.23. The lowest BCUT2D eigenvalue weighted by atomic mass is 9.78. The molecule has 84 valence electrons. The van der Waals surface area contributed by atoms with Crippen LogP contribution in [-0.2, 0) is 6.42 Å². The van der Waals surface area contributed by atoms with Crippen LogP contribution in [0.5, 0.6) is 0 Å². The number of hydrogen-bond acceptors (Lipinski definition) is 0. The summed E-state index contributed by atoms with van der Waals surface area (Å²) in [5, 5.41) is 1.86. The summed E-state index contributed by atoms with van der Waals surface area (Å²) >= 11 is 9.57. The van der Waals surface area contributed by atoms with Crippen molar-refractivity contribution in [3.05, 3.63) is 34.9 Å². The fourth-order valence-corrected chi connectivity index (χ4v) is 2.95. The number of hydrogen-bond donors (Lipinski definition) is 0. The van der Waals surface area contributed by atoms with Gasteiger partial charge in [-0.15, -0.1) is 0 Å². The van der Waals surface area contributed by atoms with Crippen molar-refractivity contribution in [1.82, 2.24) is 0 Å². The van der Waals surface area contributed by atoms with E-state index in [-0.39, 0.29) is 0 Å². The minimum Gasteiger partial charge on any atom is -0.0925 e. The molecule has 1 rings (SSSR count). The highest BCUT2D eigenvalue weighted by atomic mass is 79.9. The van der Waals surface area contributed by atoms with E-state index in [9.17, 15) is 0 Å². The fraction of sp³-hybridized carbons (Fsp3) is 0.538. The summed E-state index contributed by atoms with van der Waals surface area (Å²) < 4.78 is 0. The van der Waals surface area contributed by atoms with Gasteiger partial charge in [-0.3, -0.25) is 0 Å². The molecule has 0 heterocycles. The van der Waals surface area contributed by atoms with E-state index in [1.807, 2.05) is 12.1 Å². The Morgan fingerprint density at radius 1 is 1.33 bits per heavy atom. The van der Waals surface area contributed by atoms with Crippen LogP contribution in [-0.4, -0.2) is 5.33 Å². The maximum absolute atomic E-state index is 5.97. The molecule has 1 unspecified atom stereocenters. The molecular formula is C13H18BrCl. The van der Waals surface area contributed by atoms with Gasteiger partial charge in [0.25, 0.3) is 0 Å². The van der Waals surface area contributed by atoms with Crippen molar-refractivity contribution in [2.45, 2.75) is 27.2 Å². The zero-order valence-corrected chi connectivity index (χ0v) is 11.9. The number of halogens is 2. The van der Waals surface area contributed by atoms with Crippen LogP contribution in [0.3, 0.4) is 0 Å². The van der Waals surface area contributed by atoms with E-state index < -0.39 is 0 Å². The first-order valence-electron chi connectivity index (χ1n) is 5.24. The third-order valence-corrected chi connectivity index (χ3v) is 3.80. The molecule has 0 amide bonds. The second kappa shape index (κ2) is 5.36. The summed E-state index contributed by atoms with van der Waals surface area (Å²) in [5.41, 5.74) is 1.65. The van der Waals surface area contributed by atoms with Gasteiger partial charge in [-0.25, -0.2) is 0 Å². The average molecular weight is 290 g/mol.